The van der Waals surface area contributed by atoms with Gasteiger partial charge in [-0.3, -0.25) is 9.69 Å². The summed E-state index contributed by atoms with van der Waals surface area (Å²) in [5.74, 6) is 0.209. The molecule has 2 fully saturated rings. The molecule has 0 aromatic heterocycles. The fourth-order valence-corrected chi connectivity index (χ4v) is 4.98. The number of hydrogen-bond donors (Lipinski definition) is 1. The largest absolute Gasteiger partial charge is 0.341 e. The van der Waals surface area contributed by atoms with Gasteiger partial charge in [-0.25, -0.2) is 13.1 Å². The number of carbonyl (C=O) groups excluding carboxylic acids is 1. The summed E-state index contributed by atoms with van der Waals surface area (Å²) in [5.41, 5.74) is 0. The minimum atomic E-state index is -3.47. The number of amides is 1. The lowest BCUT2D eigenvalue weighted by atomic mass is 10.0. The van der Waals surface area contributed by atoms with Gasteiger partial charge < -0.3 is 4.90 Å². The van der Waals surface area contributed by atoms with Gasteiger partial charge in [0.25, 0.3) is 0 Å². The van der Waals surface area contributed by atoms with Gasteiger partial charge in [0.15, 0.2) is 0 Å². The summed E-state index contributed by atoms with van der Waals surface area (Å²) in [6, 6.07) is 8.27. The van der Waals surface area contributed by atoms with Crippen molar-refractivity contribution in [1.82, 2.24) is 14.5 Å². The predicted molar refractivity (Wildman–Crippen MR) is 96.6 cm³/mol. The summed E-state index contributed by atoms with van der Waals surface area (Å²) >= 11 is 0. The van der Waals surface area contributed by atoms with Crippen LogP contribution in [0.2, 0.25) is 0 Å². The van der Waals surface area contributed by atoms with E-state index in [1.807, 2.05) is 11.8 Å². The van der Waals surface area contributed by atoms with Crippen molar-refractivity contribution in [2.24, 2.45) is 0 Å². The Morgan fingerprint density at radius 2 is 1.68 bits per heavy atom. The summed E-state index contributed by atoms with van der Waals surface area (Å²) < 4.78 is 27.6. The van der Waals surface area contributed by atoms with Gasteiger partial charge in [0.05, 0.1) is 10.9 Å². The molecule has 1 amide bonds. The maximum Gasteiger partial charge on any atom is 0.240 e. The summed E-state index contributed by atoms with van der Waals surface area (Å²) in [5, 5.41) is 0. The van der Waals surface area contributed by atoms with E-state index in [0.717, 1.165) is 51.9 Å². The molecule has 138 valence electrons. The van der Waals surface area contributed by atoms with Gasteiger partial charge in [-0.05, 0) is 44.7 Å². The minimum absolute atomic E-state index is 0.0736. The Labute approximate surface area is 150 Å². The molecular formula is C18H27N3O3S. The Kier molecular flexibility index (Phi) is 5.76. The second-order valence-corrected chi connectivity index (χ2v) is 8.67. The van der Waals surface area contributed by atoms with Crippen LogP contribution in [-0.2, 0) is 14.8 Å². The molecule has 1 aromatic rings. The Morgan fingerprint density at radius 3 is 2.28 bits per heavy atom. The summed E-state index contributed by atoms with van der Waals surface area (Å²) in [7, 11) is -3.47. The van der Waals surface area contributed by atoms with Crippen LogP contribution in [0.5, 0.6) is 0 Å². The number of rotatable bonds is 5. The van der Waals surface area contributed by atoms with Crippen LogP contribution in [0.4, 0.5) is 0 Å². The second-order valence-electron chi connectivity index (χ2n) is 6.95. The van der Waals surface area contributed by atoms with Crippen molar-refractivity contribution in [1.29, 1.82) is 0 Å². The highest BCUT2D eigenvalue weighted by Crippen LogP contribution is 2.19. The Balaban J connectivity index is 1.52. The van der Waals surface area contributed by atoms with Crippen LogP contribution in [0.15, 0.2) is 35.2 Å². The van der Waals surface area contributed by atoms with Gasteiger partial charge in [-0.1, -0.05) is 18.2 Å². The molecule has 1 N–H and O–H groups in total. The number of carbonyl (C=O) groups is 1. The number of nitrogens with one attached hydrogen (secondary N) is 1. The molecule has 1 atom stereocenters. The van der Waals surface area contributed by atoms with Gasteiger partial charge in [-0.15, -0.1) is 0 Å². The van der Waals surface area contributed by atoms with Crippen LogP contribution in [-0.4, -0.2) is 62.4 Å². The summed E-state index contributed by atoms with van der Waals surface area (Å²) in [6.07, 6.45) is 3.65. The van der Waals surface area contributed by atoms with Crippen molar-refractivity contribution in [3.8, 4) is 0 Å². The molecule has 7 heteroatoms. The van der Waals surface area contributed by atoms with Gasteiger partial charge >= 0.3 is 0 Å². The first kappa shape index (κ1) is 18.4. The number of nitrogens with zero attached hydrogens (tertiary/aromatic N) is 2. The molecule has 1 unspecified atom stereocenters. The van der Waals surface area contributed by atoms with E-state index in [2.05, 4.69) is 9.62 Å². The summed E-state index contributed by atoms with van der Waals surface area (Å²) in [6.45, 7) is 5.19. The van der Waals surface area contributed by atoms with E-state index in [9.17, 15) is 13.2 Å². The third-order valence-corrected chi connectivity index (χ3v) is 6.76. The number of hydrogen-bond acceptors (Lipinski definition) is 4. The van der Waals surface area contributed by atoms with E-state index in [4.69, 9.17) is 0 Å². The first-order valence-electron chi connectivity index (χ1n) is 9.07. The molecule has 2 saturated heterocycles. The van der Waals surface area contributed by atoms with Crippen LogP contribution >= 0.6 is 0 Å². The highest BCUT2D eigenvalue weighted by Gasteiger charge is 2.31. The van der Waals surface area contributed by atoms with E-state index < -0.39 is 10.0 Å². The molecule has 6 nitrogen and oxygen atoms in total. The smallest absolute Gasteiger partial charge is 0.240 e. The average molecular weight is 365 g/mol. The normalized spacial score (nSPS) is 21.4. The topological polar surface area (TPSA) is 69.7 Å². The zero-order valence-electron chi connectivity index (χ0n) is 14.7. The maximum absolute atomic E-state index is 12.5. The van der Waals surface area contributed by atoms with E-state index >= 15 is 0 Å². The monoisotopic (exact) mass is 365 g/mol. The molecule has 3 rings (SSSR count). The van der Waals surface area contributed by atoms with Crippen LogP contribution in [0.25, 0.3) is 0 Å². The molecule has 0 saturated carbocycles. The van der Waals surface area contributed by atoms with Gasteiger partial charge in [0, 0.05) is 32.2 Å². The Bertz CT molecular complexity index is 679. The van der Waals surface area contributed by atoms with Crippen LogP contribution in [0.1, 0.15) is 32.6 Å². The van der Waals surface area contributed by atoms with Gasteiger partial charge in [0.1, 0.15) is 0 Å². The van der Waals surface area contributed by atoms with Gasteiger partial charge in [-0.2, -0.15) is 0 Å². The molecule has 0 spiro atoms. The van der Waals surface area contributed by atoms with Crippen LogP contribution in [0.3, 0.4) is 0 Å². The fourth-order valence-electron chi connectivity index (χ4n) is 3.65. The third-order valence-electron chi connectivity index (χ3n) is 5.23. The molecule has 2 heterocycles. The zero-order chi connectivity index (χ0) is 17.9. The molecule has 2 aliphatic heterocycles. The molecule has 25 heavy (non-hydrogen) atoms. The molecule has 0 bridgehead atoms. The standard InChI is InChI=1S/C18H27N3O3S/c1-15(18(22)21-11-5-6-12-21)20-13-9-16(10-14-20)19-25(23,24)17-7-3-2-4-8-17/h2-4,7-8,15-16,19H,5-6,9-14H2,1H3. The minimum Gasteiger partial charge on any atom is -0.341 e. The zero-order valence-corrected chi connectivity index (χ0v) is 15.5. The molecule has 0 aliphatic carbocycles. The maximum atomic E-state index is 12.5. The van der Waals surface area contributed by atoms with Crippen molar-refractivity contribution < 1.29 is 13.2 Å². The van der Waals surface area contributed by atoms with Crippen molar-refractivity contribution >= 4 is 15.9 Å². The lowest BCUT2D eigenvalue weighted by Crippen LogP contribution is -2.52. The van der Waals surface area contributed by atoms with Crippen molar-refractivity contribution in [3.05, 3.63) is 30.3 Å². The predicted octanol–water partition coefficient (Wildman–Crippen LogP) is 1.44. The van der Waals surface area contributed by atoms with Crippen LogP contribution < -0.4 is 4.72 Å². The number of benzene rings is 1. The fraction of sp³-hybridized carbons (Fsp3) is 0.611. The van der Waals surface area contributed by atoms with E-state index in [1.165, 1.54) is 0 Å². The van der Waals surface area contributed by atoms with Crippen molar-refractivity contribution in [2.45, 2.75) is 49.6 Å². The lowest BCUT2D eigenvalue weighted by Gasteiger charge is -2.36. The first-order chi connectivity index (χ1) is 12.0. The molecule has 1 aromatic carbocycles. The molecular weight excluding hydrogens is 338 g/mol. The van der Waals surface area contributed by atoms with E-state index in [0.29, 0.717) is 4.90 Å². The SMILES string of the molecule is CC(C(=O)N1CCCC1)N1CCC(NS(=O)(=O)c2ccccc2)CC1. The molecule has 0 radical (unpaired) electrons. The highest BCUT2D eigenvalue weighted by molar-refractivity contribution is 7.89. The lowest BCUT2D eigenvalue weighted by molar-refractivity contribution is -0.135. The van der Waals surface area contributed by atoms with Crippen molar-refractivity contribution in [2.75, 3.05) is 26.2 Å². The van der Waals surface area contributed by atoms with Crippen LogP contribution in [0, 0.1) is 0 Å². The average Bonchev–Trinajstić information content (AvgIpc) is 3.16. The Hall–Kier alpha value is -1.44. The Morgan fingerprint density at radius 1 is 1.08 bits per heavy atom. The second kappa shape index (κ2) is 7.85. The highest BCUT2D eigenvalue weighted by atomic mass is 32.2. The van der Waals surface area contributed by atoms with Crippen molar-refractivity contribution in [3.63, 3.8) is 0 Å². The third kappa shape index (κ3) is 4.40. The quantitative estimate of drug-likeness (QED) is 0.857. The van der Waals surface area contributed by atoms with Gasteiger partial charge in [0.2, 0.25) is 15.9 Å². The number of sulfonamides is 1. The van der Waals surface area contributed by atoms with E-state index in [1.54, 1.807) is 30.3 Å². The summed E-state index contributed by atoms with van der Waals surface area (Å²) in [4.78, 5) is 16.9. The first-order valence-corrected chi connectivity index (χ1v) is 10.6. The molecule has 2 aliphatic rings. The van der Waals surface area contributed by atoms with E-state index in [-0.39, 0.29) is 18.0 Å². The number of likely N-dealkylation sites (tertiary alicyclic amines) is 2. The number of piperidine rings is 1.